The molecule has 0 N–H and O–H groups in total. The molecule has 4 rings (SSSR count). The quantitative estimate of drug-likeness (QED) is 0.754. The van der Waals surface area contributed by atoms with Crippen molar-refractivity contribution < 1.29 is 14.3 Å². The molecule has 2 saturated heterocycles. The first-order valence-corrected chi connectivity index (χ1v) is 9.86. The number of carbonyl (C=O) groups is 1. The van der Waals surface area contributed by atoms with Crippen molar-refractivity contribution in [2.75, 3.05) is 69.4 Å². The van der Waals surface area contributed by atoms with Crippen molar-refractivity contribution in [3.05, 3.63) is 35.7 Å². The van der Waals surface area contributed by atoms with Gasteiger partial charge in [0.25, 0.3) is 5.91 Å². The van der Waals surface area contributed by atoms with Crippen LogP contribution in [0.5, 0.6) is 5.88 Å². The molecule has 9 nitrogen and oxygen atoms in total. The summed E-state index contributed by atoms with van der Waals surface area (Å²) in [7, 11) is 1.55. The number of pyridine rings is 1. The number of rotatable bonds is 4. The second-order valence-corrected chi connectivity index (χ2v) is 7.13. The van der Waals surface area contributed by atoms with Gasteiger partial charge < -0.3 is 24.2 Å². The molecule has 4 heterocycles. The fourth-order valence-corrected chi connectivity index (χ4v) is 3.58. The van der Waals surface area contributed by atoms with Gasteiger partial charge in [-0.05, 0) is 13.0 Å². The second-order valence-electron chi connectivity index (χ2n) is 7.13. The molecule has 9 heteroatoms. The SMILES string of the molecule is COc1cc(C(=O)N2CCN(c3cc(C)nc(N4CCOCC4)n3)CC2)ccn1. The molecule has 2 aromatic heterocycles. The van der Waals surface area contributed by atoms with E-state index in [1.54, 1.807) is 25.4 Å². The Bertz CT molecular complexity index is 863. The Morgan fingerprint density at radius 1 is 1.03 bits per heavy atom. The van der Waals surface area contributed by atoms with E-state index >= 15 is 0 Å². The number of carbonyl (C=O) groups excluding carboxylic acids is 1. The summed E-state index contributed by atoms with van der Waals surface area (Å²) in [4.78, 5) is 32.5. The van der Waals surface area contributed by atoms with E-state index in [2.05, 4.69) is 19.8 Å². The highest BCUT2D eigenvalue weighted by Gasteiger charge is 2.24. The largest absolute Gasteiger partial charge is 0.481 e. The number of ether oxygens (including phenoxy) is 2. The molecule has 0 aliphatic carbocycles. The summed E-state index contributed by atoms with van der Waals surface area (Å²) < 4.78 is 10.5. The lowest BCUT2D eigenvalue weighted by Crippen LogP contribution is -2.49. The molecule has 2 fully saturated rings. The van der Waals surface area contributed by atoms with E-state index in [0.717, 1.165) is 43.6 Å². The van der Waals surface area contributed by atoms with E-state index in [4.69, 9.17) is 14.5 Å². The molecule has 0 bridgehead atoms. The van der Waals surface area contributed by atoms with Gasteiger partial charge in [-0.2, -0.15) is 4.98 Å². The molecule has 0 spiro atoms. The van der Waals surface area contributed by atoms with Crippen LogP contribution in [0.1, 0.15) is 16.1 Å². The minimum atomic E-state index is -0.00164. The predicted molar refractivity (Wildman–Crippen MR) is 109 cm³/mol. The van der Waals surface area contributed by atoms with Crippen molar-refractivity contribution in [2.45, 2.75) is 6.92 Å². The number of hydrogen-bond acceptors (Lipinski definition) is 8. The standard InChI is InChI=1S/C20H26N6O3/c1-15-13-17(23-20(22-15)26-9-11-29-12-10-26)24-5-7-25(8-6-24)19(27)16-3-4-21-18(14-16)28-2/h3-4,13-14H,5-12H2,1-2H3. The van der Waals surface area contributed by atoms with E-state index in [1.807, 2.05) is 17.9 Å². The van der Waals surface area contributed by atoms with Gasteiger partial charge in [-0.1, -0.05) is 0 Å². The minimum absolute atomic E-state index is 0.00164. The lowest BCUT2D eigenvalue weighted by Gasteiger charge is -2.36. The normalized spacial score (nSPS) is 17.4. The van der Waals surface area contributed by atoms with Gasteiger partial charge in [0.05, 0.1) is 20.3 Å². The molecule has 0 aromatic carbocycles. The third kappa shape index (κ3) is 4.40. The van der Waals surface area contributed by atoms with Crippen molar-refractivity contribution in [2.24, 2.45) is 0 Å². The van der Waals surface area contributed by atoms with Crippen LogP contribution in [0.2, 0.25) is 0 Å². The van der Waals surface area contributed by atoms with E-state index in [1.165, 1.54) is 0 Å². The number of hydrogen-bond donors (Lipinski definition) is 0. The molecule has 2 aliphatic heterocycles. The minimum Gasteiger partial charge on any atom is -0.481 e. The Kier molecular flexibility index (Phi) is 5.75. The van der Waals surface area contributed by atoms with Crippen LogP contribution in [0.4, 0.5) is 11.8 Å². The Balaban J connectivity index is 1.42. The molecule has 0 radical (unpaired) electrons. The highest BCUT2D eigenvalue weighted by molar-refractivity contribution is 5.94. The number of aryl methyl sites for hydroxylation is 1. The fourth-order valence-electron chi connectivity index (χ4n) is 3.58. The summed E-state index contributed by atoms with van der Waals surface area (Å²) in [6.07, 6.45) is 1.60. The van der Waals surface area contributed by atoms with Crippen molar-refractivity contribution in [1.29, 1.82) is 0 Å². The van der Waals surface area contributed by atoms with Gasteiger partial charge in [0.2, 0.25) is 11.8 Å². The number of morpholine rings is 1. The van der Waals surface area contributed by atoms with Gasteiger partial charge in [-0.15, -0.1) is 0 Å². The number of aromatic nitrogens is 3. The Labute approximate surface area is 170 Å². The number of methoxy groups -OCH3 is 1. The van der Waals surface area contributed by atoms with Crippen molar-refractivity contribution in [3.63, 3.8) is 0 Å². The van der Waals surface area contributed by atoms with Crippen LogP contribution in [0.3, 0.4) is 0 Å². The topological polar surface area (TPSA) is 83.9 Å². The third-order valence-corrected chi connectivity index (χ3v) is 5.20. The summed E-state index contributed by atoms with van der Waals surface area (Å²) in [6, 6.07) is 5.41. The van der Waals surface area contributed by atoms with Crippen LogP contribution in [0.15, 0.2) is 24.4 Å². The van der Waals surface area contributed by atoms with Gasteiger partial charge in [0.1, 0.15) is 5.82 Å². The highest BCUT2D eigenvalue weighted by Crippen LogP contribution is 2.21. The van der Waals surface area contributed by atoms with E-state index in [0.29, 0.717) is 37.7 Å². The maximum absolute atomic E-state index is 12.8. The maximum Gasteiger partial charge on any atom is 0.254 e. The molecule has 0 unspecified atom stereocenters. The average molecular weight is 398 g/mol. The van der Waals surface area contributed by atoms with Gasteiger partial charge in [-0.3, -0.25) is 4.79 Å². The number of nitrogens with zero attached hydrogens (tertiary/aromatic N) is 6. The average Bonchev–Trinajstić information content (AvgIpc) is 2.79. The summed E-state index contributed by atoms with van der Waals surface area (Å²) in [5.41, 5.74) is 1.54. The van der Waals surface area contributed by atoms with Crippen LogP contribution >= 0.6 is 0 Å². The zero-order valence-electron chi connectivity index (χ0n) is 16.9. The first-order valence-electron chi connectivity index (χ1n) is 9.86. The molecular weight excluding hydrogens is 372 g/mol. The van der Waals surface area contributed by atoms with Gasteiger partial charge in [-0.25, -0.2) is 9.97 Å². The second kappa shape index (κ2) is 8.60. The van der Waals surface area contributed by atoms with E-state index in [-0.39, 0.29) is 5.91 Å². The predicted octanol–water partition coefficient (Wildman–Crippen LogP) is 0.988. The lowest BCUT2D eigenvalue weighted by molar-refractivity contribution is 0.0746. The van der Waals surface area contributed by atoms with Crippen LogP contribution in [0, 0.1) is 6.92 Å². The lowest BCUT2D eigenvalue weighted by atomic mass is 10.2. The van der Waals surface area contributed by atoms with Crippen molar-refractivity contribution in [1.82, 2.24) is 19.9 Å². The van der Waals surface area contributed by atoms with Gasteiger partial charge in [0.15, 0.2) is 0 Å². The van der Waals surface area contributed by atoms with E-state index in [9.17, 15) is 4.79 Å². The van der Waals surface area contributed by atoms with Crippen LogP contribution in [0.25, 0.3) is 0 Å². The smallest absolute Gasteiger partial charge is 0.254 e. The molecular formula is C20H26N6O3. The summed E-state index contributed by atoms with van der Waals surface area (Å²) in [5.74, 6) is 2.11. The molecule has 2 aliphatic rings. The van der Waals surface area contributed by atoms with Crippen molar-refractivity contribution >= 4 is 17.7 Å². The molecule has 2 aromatic rings. The molecule has 1 amide bonds. The van der Waals surface area contributed by atoms with Gasteiger partial charge >= 0.3 is 0 Å². The Morgan fingerprint density at radius 2 is 1.79 bits per heavy atom. The van der Waals surface area contributed by atoms with E-state index < -0.39 is 0 Å². The number of anilines is 2. The number of piperazine rings is 1. The zero-order valence-corrected chi connectivity index (χ0v) is 16.9. The molecule has 0 atom stereocenters. The summed E-state index contributed by atoms with van der Waals surface area (Å²) in [5, 5.41) is 0. The monoisotopic (exact) mass is 398 g/mol. The Hall–Kier alpha value is -2.94. The van der Waals surface area contributed by atoms with Crippen molar-refractivity contribution in [3.8, 4) is 5.88 Å². The first kappa shape index (κ1) is 19.4. The molecule has 0 saturated carbocycles. The third-order valence-electron chi connectivity index (χ3n) is 5.20. The van der Waals surface area contributed by atoms with Crippen LogP contribution < -0.4 is 14.5 Å². The van der Waals surface area contributed by atoms with Gasteiger partial charge in [0, 0.05) is 68.9 Å². The summed E-state index contributed by atoms with van der Waals surface area (Å²) >= 11 is 0. The molecule has 154 valence electrons. The Morgan fingerprint density at radius 3 is 2.52 bits per heavy atom. The first-order chi connectivity index (χ1) is 14.1. The van der Waals surface area contributed by atoms with Crippen LogP contribution in [-0.2, 0) is 4.74 Å². The fraction of sp³-hybridized carbons (Fsp3) is 0.500. The zero-order chi connectivity index (χ0) is 20.2. The molecule has 29 heavy (non-hydrogen) atoms. The number of amides is 1. The maximum atomic E-state index is 12.8. The van der Waals surface area contributed by atoms with Crippen LogP contribution in [-0.4, -0.2) is 85.4 Å². The highest BCUT2D eigenvalue weighted by atomic mass is 16.5. The summed E-state index contributed by atoms with van der Waals surface area (Å²) in [6.45, 7) is 7.74.